The van der Waals surface area contributed by atoms with E-state index in [-0.39, 0.29) is 24.3 Å². The van der Waals surface area contributed by atoms with Crippen LogP contribution in [0.15, 0.2) is 0 Å². The maximum Gasteiger partial charge on any atom is 0.233 e. The fourth-order valence-corrected chi connectivity index (χ4v) is 3.09. The van der Waals surface area contributed by atoms with Gasteiger partial charge in [0.05, 0.1) is 6.54 Å². The summed E-state index contributed by atoms with van der Waals surface area (Å²) in [5, 5.41) is 5.60. The zero-order valence-electron chi connectivity index (χ0n) is 12.9. The van der Waals surface area contributed by atoms with Gasteiger partial charge in [0.1, 0.15) is 0 Å². The molecule has 0 aromatic rings. The van der Waals surface area contributed by atoms with Gasteiger partial charge in [0, 0.05) is 19.0 Å². The Kier molecular flexibility index (Phi) is 6.99. The van der Waals surface area contributed by atoms with Gasteiger partial charge in [-0.3, -0.25) is 9.59 Å². The number of carbonyl (C=O) groups excluding carboxylic acids is 2. The van der Waals surface area contributed by atoms with E-state index < -0.39 is 0 Å². The molecular formula is C15H29N3O2. The van der Waals surface area contributed by atoms with Crippen LogP contribution in [0.3, 0.4) is 0 Å². The van der Waals surface area contributed by atoms with Crippen molar-refractivity contribution in [2.45, 2.75) is 40.0 Å². The average Bonchev–Trinajstić information content (AvgIpc) is 2.42. The first kappa shape index (κ1) is 17.0. The maximum absolute atomic E-state index is 12.3. The Hall–Kier alpha value is -1.10. The first-order valence-electron chi connectivity index (χ1n) is 7.70. The van der Waals surface area contributed by atoms with Gasteiger partial charge in [0.2, 0.25) is 11.8 Å². The molecule has 1 saturated carbocycles. The molecule has 1 aliphatic rings. The van der Waals surface area contributed by atoms with Crippen LogP contribution in [0.2, 0.25) is 0 Å². The first-order chi connectivity index (χ1) is 9.45. The summed E-state index contributed by atoms with van der Waals surface area (Å²) in [7, 11) is 0. The summed E-state index contributed by atoms with van der Waals surface area (Å²) in [6.45, 7) is 7.52. The summed E-state index contributed by atoms with van der Waals surface area (Å²) in [4.78, 5) is 23.3. The smallest absolute Gasteiger partial charge is 0.233 e. The molecule has 0 bridgehead atoms. The molecule has 4 N–H and O–H groups in total. The third-order valence-electron chi connectivity index (χ3n) is 4.29. The summed E-state index contributed by atoms with van der Waals surface area (Å²) >= 11 is 0. The number of hydrogen-bond acceptors (Lipinski definition) is 3. The number of amides is 2. The fraction of sp³-hybridized carbons (Fsp3) is 0.867. The molecule has 3 unspecified atom stereocenters. The van der Waals surface area contributed by atoms with Crippen LogP contribution in [0.1, 0.15) is 40.0 Å². The Balaban J connectivity index is 2.40. The van der Waals surface area contributed by atoms with Gasteiger partial charge in [-0.15, -0.1) is 0 Å². The number of nitrogens with one attached hydrogen (secondary N) is 2. The van der Waals surface area contributed by atoms with Crippen molar-refractivity contribution in [1.82, 2.24) is 10.6 Å². The molecule has 1 rings (SSSR count). The second kappa shape index (κ2) is 8.25. The highest BCUT2D eigenvalue weighted by atomic mass is 16.2. The van der Waals surface area contributed by atoms with Crippen LogP contribution in [0.5, 0.6) is 0 Å². The second-order valence-electron chi connectivity index (χ2n) is 6.28. The third-order valence-corrected chi connectivity index (χ3v) is 4.29. The number of carbonyl (C=O) groups is 2. The highest BCUT2D eigenvalue weighted by Gasteiger charge is 2.35. The van der Waals surface area contributed by atoms with E-state index in [1.165, 1.54) is 6.42 Å². The van der Waals surface area contributed by atoms with Crippen molar-refractivity contribution in [3.8, 4) is 0 Å². The molecule has 3 atom stereocenters. The minimum absolute atomic E-state index is 0.0104. The molecule has 5 heteroatoms. The highest BCUT2D eigenvalue weighted by Crippen LogP contribution is 2.37. The lowest BCUT2D eigenvalue weighted by atomic mass is 9.70. The first-order valence-corrected chi connectivity index (χ1v) is 7.70. The van der Waals surface area contributed by atoms with Crippen LogP contribution in [-0.2, 0) is 9.59 Å². The summed E-state index contributed by atoms with van der Waals surface area (Å²) in [5.41, 5.74) is 5.20. The maximum atomic E-state index is 12.3. The Labute approximate surface area is 122 Å². The molecule has 20 heavy (non-hydrogen) atoms. The lowest BCUT2D eigenvalue weighted by Crippen LogP contribution is -2.43. The molecule has 0 radical (unpaired) electrons. The molecule has 0 spiro atoms. The quantitative estimate of drug-likeness (QED) is 0.633. The van der Waals surface area contributed by atoms with Crippen molar-refractivity contribution in [1.29, 1.82) is 0 Å². The van der Waals surface area contributed by atoms with Crippen molar-refractivity contribution in [2.24, 2.45) is 29.4 Å². The highest BCUT2D eigenvalue weighted by molar-refractivity contribution is 5.79. The number of hydrogen-bond donors (Lipinski definition) is 3. The van der Waals surface area contributed by atoms with Crippen LogP contribution in [0.25, 0.3) is 0 Å². The predicted molar refractivity (Wildman–Crippen MR) is 79.9 cm³/mol. The van der Waals surface area contributed by atoms with Crippen molar-refractivity contribution in [3.63, 3.8) is 0 Å². The molecule has 5 nitrogen and oxygen atoms in total. The van der Waals surface area contributed by atoms with E-state index in [0.29, 0.717) is 30.8 Å². The van der Waals surface area contributed by atoms with Gasteiger partial charge in [-0.1, -0.05) is 27.2 Å². The predicted octanol–water partition coefficient (Wildman–Crippen LogP) is 0.886. The van der Waals surface area contributed by atoms with Gasteiger partial charge in [-0.05, 0) is 30.6 Å². The third kappa shape index (κ3) is 5.12. The largest absolute Gasteiger partial charge is 0.354 e. The Morgan fingerprint density at radius 3 is 2.45 bits per heavy atom. The average molecular weight is 283 g/mol. The molecule has 1 fully saturated rings. The molecule has 1 aliphatic carbocycles. The molecule has 0 heterocycles. The molecule has 0 saturated heterocycles. The van der Waals surface area contributed by atoms with Crippen molar-refractivity contribution < 1.29 is 9.59 Å². The molecular weight excluding hydrogens is 254 g/mol. The summed E-state index contributed by atoms with van der Waals surface area (Å²) in [6, 6.07) is 0. The Morgan fingerprint density at radius 1 is 1.20 bits per heavy atom. The zero-order chi connectivity index (χ0) is 15.1. The molecule has 116 valence electrons. The summed E-state index contributed by atoms with van der Waals surface area (Å²) in [5.74, 6) is 1.70. The van der Waals surface area contributed by atoms with E-state index in [4.69, 9.17) is 5.73 Å². The molecule has 0 aromatic carbocycles. The van der Waals surface area contributed by atoms with E-state index in [1.807, 2.05) is 0 Å². The van der Waals surface area contributed by atoms with E-state index in [9.17, 15) is 9.59 Å². The van der Waals surface area contributed by atoms with E-state index >= 15 is 0 Å². The fourth-order valence-electron chi connectivity index (χ4n) is 3.09. The van der Waals surface area contributed by atoms with E-state index in [2.05, 4.69) is 31.4 Å². The SMILES string of the molecule is CC1CCC(C(C)C)C(C(=O)NCCNC(=O)CN)C1. The monoisotopic (exact) mass is 283 g/mol. The summed E-state index contributed by atoms with van der Waals surface area (Å²) in [6.07, 6.45) is 3.34. The van der Waals surface area contributed by atoms with E-state index in [0.717, 1.165) is 12.8 Å². The van der Waals surface area contributed by atoms with Gasteiger partial charge in [-0.25, -0.2) is 0 Å². The lowest BCUT2D eigenvalue weighted by molar-refractivity contribution is -0.129. The minimum Gasteiger partial charge on any atom is -0.354 e. The van der Waals surface area contributed by atoms with Gasteiger partial charge < -0.3 is 16.4 Å². The number of nitrogens with two attached hydrogens (primary N) is 1. The lowest BCUT2D eigenvalue weighted by Gasteiger charge is -2.36. The van der Waals surface area contributed by atoms with Crippen molar-refractivity contribution >= 4 is 11.8 Å². The van der Waals surface area contributed by atoms with Crippen LogP contribution in [0.4, 0.5) is 0 Å². The zero-order valence-corrected chi connectivity index (χ0v) is 12.9. The minimum atomic E-state index is -0.189. The van der Waals surface area contributed by atoms with Crippen molar-refractivity contribution in [3.05, 3.63) is 0 Å². The van der Waals surface area contributed by atoms with Crippen LogP contribution in [0, 0.1) is 23.7 Å². The topological polar surface area (TPSA) is 84.2 Å². The molecule has 0 aliphatic heterocycles. The van der Waals surface area contributed by atoms with Gasteiger partial charge in [0.15, 0.2) is 0 Å². The van der Waals surface area contributed by atoms with Crippen LogP contribution >= 0.6 is 0 Å². The standard InChI is InChI=1S/C15H29N3O2/c1-10(2)12-5-4-11(3)8-13(12)15(20)18-7-6-17-14(19)9-16/h10-13H,4-9,16H2,1-3H3,(H,17,19)(H,18,20). The normalized spacial score (nSPS) is 26.4. The van der Waals surface area contributed by atoms with Gasteiger partial charge in [0.25, 0.3) is 0 Å². The molecule has 0 aromatic heterocycles. The van der Waals surface area contributed by atoms with Crippen LogP contribution in [-0.4, -0.2) is 31.4 Å². The van der Waals surface area contributed by atoms with Crippen molar-refractivity contribution in [2.75, 3.05) is 19.6 Å². The molecule has 2 amide bonds. The van der Waals surface area contributed by atoms with Crippen LogP contribution < -0.4 is 16.4 Å². The summed E-state index contributed by atoms with van der Waals surface area (Å²) < 4.78 is 0. The Morgan fingerprint density at radius 2 is 1.85 bits per heavy atom. The van der Waals surface area contributed by atoms with Gasteiger partial charge in [-0.2, -0.15) is 0 Å². The Bertz CT molecular complexity index is 331. The number of rotatable bonds is 6. The van der Waals surface area contributed by atoms with E-state index in [1.54, 1.807) is 0 Å². The second-order valence-corrected chi connectivity index (χ2v) is 6.28. The van der Waals surface area contributed by atoms with Gasteiger partial charge >= 0.3 is 0 Å².